The summed E-state index contributed by atoms with van der Waals surface area (Å²) in [4.78, 5) is 25.5. The Labute approximate surface area is 166 Å². The number of esters is 1. The second kappa shape index (κ2) is 9.27. The minimum absolute atomic E-state index is 0.140. The Balaban J connectivity index is 1.64. The molecule has 0 unspecified atom stereocenters. The van der Waals surface area contributed by atoms with Crippen LogP contribution in [-0.2, 0) is 11.3 Å². The average Bonchev–Trinajstić information content (AvgIpc) is 2.75. The number of carbonyl (C=O) groups is 1. The first kappa shape index (κ1) is 19.7. The molecule has 0 fully saturated rings. The van der Waals surface area contributed by atoms with Gasteiger partial charge in [0.05, 0.1) is 18.9 Å². The van der Waals surface area contributed by atoms with E-state index in [1.807, 2.05) is 24.3 Å². The van der Waals surface area contributed by atoms with Crippen molar-refractivity contribution in [1.82, 2.24) is 15.2 Å². The number of carbonyl (C=O) groups excluding carboxylic acids is 1. The number of hydrogen-bond donors (Lipinski definition) is 2. The van der Waals surface area contributed by atoms with E-state index in [4.69, 9.17) is 4.74 Å². The molecule has 0 aliphatic heterocycles. The summed E-state index contributed by atoms with van der Waals surface area (Å²) in [7, 11) is 1.34. The fourth-order valence-electron chi connectivity index (χ4n) is 2.34. The van der Waals surface area contributed by atoms with E-state index >= 15 is 0 Å². The molecule has 2 N–H and O–H groups in total. The lowest BCUT2D eigenvalue weighted by Gasteiger charge is -2.09. The number of hydrazone groups is 1. The van der Waals surface area contributed by atoms with Crippen LogP contribution in [0.25, 0.3) is 0 Å². The van der Waals surface area contributed by atoms with Crippen molar-refractivity contribution >= 4 is 18.1 Å². The fourth-order valence-corrected chi connectivity index (χ4v) is 2.34. The molecule has 0 aliphatic rings. The van der Waals surface area contributed by atoms with Crippen molar-refractivity contribution in [3.8, 4) is 5.75 Å². The van der Waals surface area contributed by atoms with Gasteiger partial charge in [0.25, 0.3) is 5.56 Å². The third-order valence-corrected chi connectivity index (χ3v) is 3.92. The number of ether oxygens (including phenoxy) is 2. The molecular weight excluding hydrogens is 374 g/mol. The number of nitrogens with one attached hydrogen (secondary N) is 2. The van der Waals surface area contributed by atoms with Crippen LogP contribution in [-0.4, -0.2) is 34.5 Å². The predicted molar refractivity (Wildman–Crippen MR) is 107 cm³/mol. The number of aryl methyl sites for hydroxylation is 1. The van der Waals surface area contributed by atoms with Gasteiger partial charge in [0.2, 0.25) is 5.95 Å². The Morgan fingerprint density at radius 3 is 2.66 bits per heavy atom. The lowest BCUT2D eigenvalue weighted by Crippen LogP contribution is -2.15. The minimum atomic E-state index is -0.383. The van der Waals surface area contributed by atoms with Gasteiger partial charge in [-0.2, -0.15) is 5.10 Å². The predicted octanol–water partition coefficient (Wildman–Crippen LogP) is 2.28. The SMILES string of the molecule is COC(=O)c1ccc(COc2ccccc2/C=N\Nc2nnc(C)c(=O)[nH]2)cc1. The maximum absolute atomic E-state index is 11.5. The van der Waals surface area contributed by atoms with Crippen molar-refractivity contribution in [2.75, 3.05) is 12.5 Å². The highest BCUT2D eigenvalue weighted by Crippen LogP contribution is 2.18. The highest BCUT2D eigenvalue weighted by atomic mass is 16.5. The number of aromatic nitrogens is 3. The van der Waals surface area contributed by atoms with Gasteiger partial charge in [-0.1, -0.05) is 24.3 Å². The number of anilines is 1. The Kier molecular flexibility index (Phi) is 6.31. The van der Waals surface area contributed by atoms with Crippen LogP contribution in [0.1, 0.15) is 27.2 Å². The molecule has 0 spiro atoms. The highest BCUT2D eigenvalue weighted by Gasteiger charge is 2.06. The molecule has 2 aromatic carbocycles. The zero-order valence-electron chi connectivity index (χ0n) is 15.9. The molecule has 1 aromatic heterocycles. The largest absolute Gasteiger partial charge is 0.488 e. The van der Waals surface area contributed by atoms with Crippen molar-refractivity contribution in [2.24, 2.45) is 5.10 Å². The van der Waals surface area contributed by atoms with Crippen LogP contribution in [0, 0.1) is 6.92 Å². The molecule has 0 amide bonds. The van der Waals surface area contributed by atoms with Crippen LogP contribution in [0.4, 0.5) is 5.95 Å². The number of nitrogens with zero attached hydrogens (tertiary/aromatic N) is 3. The Morgan fingerprint density at radius 1 is 1.17 bits per heavy atom. The van der Waals surface area contributed by atoms with Gasteiger partial charge in [0.15, 0.2) is 0 Å². The number of aromatic amines is 1. The van der Waals surface area contributed by atoms with Gasteiger partial charge in [-0.05, 0) is 36.8 Å². The van der Waals surface area contributed by atoms with Crippen LogP contribution in [0.3, 0.4) is 0 Å². The summed E-state index contributed by atoms with van der Waals surface area (Å²) in [5, 5.41) is 11.6. The zero-order chi connectivity index (χ0) is 20.6. The number of hydrogen-bond acceptors (Lipinski definition) is 8. The van der Waals surface area contributed by atoms with Crippen LogP contribution >= 0.6 is 0 Å². The summed E-state index contributed by atoms with van der Waals surface area (Å²) >= 11 is 0. The van der Waals surface area contributed by atoms with Gasteiger partial charge in [-0.25, -0.2) is 10.2 Å². The number of H-pyrrole nitrogens is 1. The molecule has 9 heteroatoms. The first-order valence-electron chi connectivity index (χ1n) is 8.68. The van der Waals surface area contributed by atoms with E-state index in [-0.39, 0.29) is 23.2 Å². The number of para-hydroxylation sites is 1. The van der Waals surface area contributed by atoms with Crippen molar-refractivity contribution in [3.05, 3.63) is 81.3 Å². The fraction of sp³-hybridized carbons (Fsp3) is 0.150. The highest BCUT2D eigenvalue weighted by molar-refractivity contribution is 5.89. The molecule has 1 heterocycles. The van der Waals surface area contributed by atoms with Crippen molar-refractivity contribution in [1.29, 1.82) is 0 Å². The minimum Gasteiger partial charge on any atom is -0.488 e. The average molecular weight is 393 g/mol. The molecule has 9 nitrogen and oxygen atoms in total. The molecule has 0 aliphatic carbocycles. The summed E-state index contributed by atoms with van der Waals surface area (Å²) in [5.74, 6) is 0.380. The maximum atomic E-state index is 11.5. The number of benzene rings is 2. The molecule has 0 atom stereocenters. The van der Waals surface area contributed by atoms with Crippen molar-refractivity contribution in [3.63, 3.8) is 0 Å². The standard InChI is InChI=1S/C20H19N5O4/c1-13-18(26)22-20(25-23-13)24-21-11-16-5-3-4-6-17(16)29-12-14-7-9-15(10-8-14)19(27)28-2/h3-11H,12H2,1-2H3,(H2,22,24,25,26)/b21-11-. The Morgan fingerprint density at radius 2 is 1.93 bits per heavy atom. The molecule has 3 rings (SSSR count). The Bertz CT molecular complexity index is 1080. The van der Waals surface area contributed by atoms with Crippen LogP contribution < -0.4 is 15.7 Å². The van der Waals surface area contributed by atoms with E-state index in [0.717, 1.165) is 11.1 Å². The first-order chi connectivity index (χ1) is 14.1. The molecule has 0 radical (unpaired) electrons. The molecule has 0 saturated carbocycles. The lowest BCUT2D eigenvalue weighted by molar-refractivity contribution is 0.0600. The molecule has 0 saturated heterocycles. The van der Waals surface area contributed by atoms with Crippen molar-refractivity contribution in [2.45, 2.75) is 13.5 Å². The Hall–Kier alpha value is -4.01. The third-order valence-electron chi connectivity index (χ3n) is 3.92. The van der Waals surface area contributed by atoms with Crippen LogP contribution in [0.2, 0.25) is 0 Å². The van der Waals surface area contributed by atoms with E-state index in [2.05, 4.69) is 30.4 Å². The van der Waals surface area contributed by atoms with Gasteiger partial charge in [-0.3, -0.25) is 9.78 Å². The third kappa shape index (κ3) is 5.25. The number of rotatable bonds is 7. The maximum Gasteiger partial charge on any atom is 0.337 e. The van der Waals surface area contributed by atoms with Gasteiger partial charge in [0.1, 0.15) is 18.1 Å². The normalized spacial score (nSPS) is 10.7. The summed E-state index contributed by atoms with van der Waals surface area (Å²) < 4.78 is 10.6. The molecular formula is C20H19N5O4. The molecule has 148 valence electrons. The van der Waals surface area contributed by atoms with Crippen LogP contribution in [0.15, 0.2) is 58.4 Å². The first-order valence-corrected chi connectivity index (χ1v) is 8.68. The summed E-state index contributed by atoms with van der Waals surface area (Å²) in [6.07, 6.45) is 1.55. The summed E-state index contributed by atoms with van der Waals surface area (Å²) in [6, 6.07) is 14.3. The lowest BCUT2D eigenvalue weighted by atomic mass is 10.1. The van der Waals surface area contributed by atoms with Gasteiger partial charge < -0.3 is 9.47 Å². The van der Waals surface area contributed by atoms with Crippen LogP contribution in [0.5, 0.6) is 5.75 Å². The van der Waals surface area contributed by atoms with Gasteiger partial charge >= 0.3 is 5.97 Å². The molecule has 0 bridgehead atoms. The van der Waals surface area contributed by atoms with Crippen molar-refractivity contribution < 1.29 is 14.3 Å². The second-order valence-electron chi connectivity index (χ2n) is 5.97. The zero-order valence-corrected chi connectivity index (χ0v) is 15.9. The topological polar surface area (TPSA) is 119 Å². The quantitative estimate of drug-likeness (QED) is 0.359. The second-order valence-corrected chi connectivity index (χ2v) is 5.97. The smallest absolute Gasteiger partial charge is 0.337 e. The van der Waals surface area contributed by atoms with E-state index in [1.54, 1.807) is 37.4 Å². The van der Waals surface area contributed by atoms with E-state index in [9.17, 15) is 9.59 Å². The summed E-state index contributed by atoms with van der Waals surface area (Å²) in [6.45, 7) is 1.88. The summed E-state index contributed by atoms with van der Waals surface area (Å²) in [5.41, 5.74) is 4.67. The monoisotopic (exact) mass is 393 g/mol. The van der Waals surface area contributed by atoms with E-state index in [0.29, 0.717) is 17.9 Å². The molecule has 3 aromatic rings. The van der Waals surface area contributed by atoms with Gasteiger partial charge in [-0.15, -0.1) is 10.2 Å². The number of methoxy groups -OCH3 is 1. The molecule has 29 heavy (non-hydrogen) atoms. The van der Waals surface area contributed by atoms with E-state index < -0.39 is 0 Å². The van der Waals surface area contributed by atoms with E-state index in [1.165, 1.54) is 7.11 Å². The van der Waals surface area contributed by atoms with Gasteiger partial charge in [0, 0.05) is 5.56 Å².